The number of ether oxygens (including phenoxy) is 1. The molecule has 0 aromatic heterocycles. The lowest BCUT2D eigenvalue weighted by atomic mass is 10.1. The fourth-order valence-corrected chi connectivity index (χ4v) is 0.973. The van der Waals surface area contributed by atoms with Crippen LogP contribution in [0.1, 0.15) is 15.9 Å². The van der Waals surface area contributed by atoms with Crippen molar-refractivity contribution in [3.05, 3.63) is 35.4 Å². The van der Waals surface area contributed by atoms with E-state index in [1.54, 1.807) is 13.0 Å². The number of aryl methyl sites for hydroxylation is 1. The molecule has 0 heterocycles. The molecule has 6 heteroatoms. The van der Waals surface area contributed by atoms with Gasteiger partial charge in [0.05, 0.1) is 5.56 Å². The van der Waals surface area contributed by atoms with Gasteiger partial charge in [-0.2, -0.15) is 13.2 Å². The van der Waals surface area contributed by atoms with Crippen LogP contribution >= 0.6 is 0 Å². The Morgan fingerprint density at radius 2 is 1.88 bits per heavy atom. The fraction of sp³-hybridized carbons (Fsp3) is 0.200. The zero-order valence-electron chi connectivity index (χ0n) is 8.17. The van der Waals surface area contributed by atoms with Crippen molar-refractivity contribution < 1.29 is 27.5 Å². The number of esters is 2. The van der Waals surface area contributed by atoms with Gasteiger partial charge in [-0.05, 0) is 19.1 Å². The predicted molar refractivity (Wildman–Crippen MR) is 47.7 cm³/mol. The molecule has 0 spiro atoms. The van der Waals surface area contributed by atoms with Gasteiger partial charge < -0.3 is 4.74 Å². The average molecular weight is 232 g/mol. The maximum absolute atomic E-state index is 11.8. The van der Waals surface area contributed by atoms with Gasteiger partial charge in [-0.25, -0.2) is 9.59 Å². The van der Waals surface area contributed by atoms with Crippen LogP contribution in [0, 0.1) is 6.92 Å². The quantitative estimate of drug-likeness (QED) is 0.551. The monoisotopic (exact) mass is 232 g/mol. The standard InChI is InChI=1S/C10H7F3O3/c1-6-3-2-4-7(5-6)8(14)16-9(15)10(11,12)13/h2-5H,1H3. The maximum Gasteiger partial charge on any atom is 0.491 e. The smallest absolute Gasteiger partial charge is 0.383 e. The van der Waals surface area contributed by atoms with Crippen molar-refractivity contribution in [2.24, 2.45) is 0 Å². The molecule has 0 unspecified atom stereocenters. The second-order valence-corrected chi connectivity index (χ2v) is 3.04. The molecule has 0 radical (unpaired) electrons. The third-order valence-corrected chi connectivity index (χ3v) is 1.67. The van der Waals surface area contributed by atoms with Crippen LogP contribution in [0.4, 0.5) is 13.2 Å². The molecule has 86 valence electrons. The zero-order valence-corrected chi connectivity index (χ0v) is 8.17. The van der Waals surface area contributed by atoms with E-state index in [4.69, 9.17) is 0 Å². The topological polar surface area (TPSA) is 43.4 Å². The lowest BCUT2D eigenvalue weighted by Crippen LogP contribution is -2.28. The molecule has 0 aliphatic heterocycles. The van der Waals surface area contributed by atoms with E-state index in [9.17, 15) is 22.8 Å². The molecule has 0 aliphatic rings. The molecule has 3 nitrogen and oxygen atoms in total. The Kier molecular flexibility index (Phi) is 3.31. The van der Waals surface area contributed by atoms with Crippen molar-refractivity contribution in [1.29, 1.82) is 0 Å². The number of hydrogen-bond donors (Lipinski definition) is 0. The first-order valence-electron chi connectivity index (χ1n) is 4.20. The Bertz CT molecular complexity index is 424. The molecule has 1 rings (SSSR count). The normalized spacial score (nSPS) is 11.0. The first-order chi connectivity index (χ1) is 7.30. The van der Waals surface area contributed by atoms with Crippen molar-refractivity contribution in [1.82, 2.24) is 0 Å². The number of rotatable bonds is 1. The molecular formula is C10H7F3O3. The largest absolute Gasteiger partial charge is 0.491 e. The highest BCUT2D eigenvalue weighted by molar-refractivity contribution is 5.98. The van der Waals surface area contributed by atoms with Crippen LogP contribution in [0.5, 0.6) is 0 Å². The molecule has 0 bridgehead atoms. The van der Waals surface area contributed by atoms with Crippen LogP contribution < -0.4 is 0 Å². The Balaban J connectivity index is 2.78. The van der Waals surface area contributed by atoms with Crippen LogP contribution in [0.3, 0.4) is 0 Å². The number of benzene rings is 1. The van der Waals surface area contributed by atoms with Crippen molar-refractivity contribution in [2.45, 2.75) is 13.1 Å². The highest BCUT2D eigenvalue weighted by atomic mass is 19.4. The predicted octanol–water partition coefficient (Wildman–Crippen LogP) is 2.24. The molecular weight excluding hydrogens is 225 g/mol. The van der Waals surface area contributed by atoms with Gasteiger partial charge >= 0.3 is 18.1 Å². The molecule has 0 N–H and O–H groups in total. The Morgan fingerprint density at radius 1 is 1.25 bits per heavy atom. The summed E-state index contributed by atoms with van der Waals surface area (Å²) >= 11 is 0. The van der Waals surface area contributed by atoms with Gasteiger partial charge in [-0.15, -0.1) is 0 Å². The zero-order chi connectivity index (χ0) is 12.3. The fourth-order valence-electron chi connectivity index (χ4n) is 0.973. The van der Waals surface area contributed by atoms with E-state index >= 15 is 0 Å². The van der Waals surface area contributed by atoms with Gasteiger partial charge in [0.2, 0.25) is 0 Å². The van der Waals surface area contributed by atoms with Crippen LogP contribution in [0.25, 0.3) is 0 Å². The van der Waals surface area contributed by atoms with Crippen LogP contribution in [-0.2, 0) is 9.53 Å². The summed E-state index contributed by atoms with van der Waals surface area (Å²) in [5.74, 6) is -3.83. The number of alkyl halides is 3. The number of halogens is 3. The third kappa shape index (κ3) is 3.08. The minimum atomic E-state index is -5.17. The Labute approximate surface area is 88.8 Å². The summed E-state index contributed by atoms with van der Waals surface area (Å²) in [5.41, 5.74) is 0.575. The SMILES string of the molecule is Cc1cccc(C(=O)OC(=O)C(F)(F)F)c1. The maximum atomic E-state index is 11.8. The van der Waals surface area contributed by atoms with E-state index in [0.717, 1.165) is 0 Å². The average Bonchev–Trinajstić information content (AvgIpc) is 2.16. The summed E-state index contributed by atoms with van der Waals surface area (Å²) in [6.45, 7) is 1.66. The molecule has 0 atom stereocenters. The molecule has 0 fully saturated rings. The number of carbonyl (C=O) groups excluding carboxylic acids is 2. The first-order valence-corrected chi connectivity index (χ1v) is 4.20. The highest BCUT2D eigenvalue weighted by Crippen LogP contribution is 2.17. The van der Waals surface area contributed by atoms with E-state index in [1.807, 2.05) is 0 Å². The van der Waals surface area contributed by atoms with Crippen molar-refractivity contribution in [3.8, 4) is 0 Å². The van der Waals surface area contributed by atoms with Crippen molar-refractivity contribution >= 4 is 11.9 Å². The van der Waals surface area contributed by atoms with Gasteiger partial charge in [-0.3, -0.25) is 0 Å². The second kappa shape index (κ2) is 4.34. The summed E-state index contributed by atoms with van der Waals surface area (Å²) in [7, 11) is 0. The van der Waals surface area contributed by atoms with Crippen LogP contribution in [0.15, 0.2) is 24.3 Å². The van der Waals surface area contributed by atoms with Gasteiger partial charge in [0.15, 0.2) is 0 Å². The third-order valence-electron chi connectivity index (χ3n) is 1.67. The van der Waals surface area contributed by atoms with Gasteiger partial charge in [-0.1, -0.05) is 17.7 Å². The minimum absolute atomic E-state index is 0.0994. The highest BCUT2D eigenvalue weighted by Gasteiger charge is 2.42. The molecule has 0 saturated carbocycles. The van der Waals surface area contributed by atoms with Crippen molar-refractivity contribution in [2.75, 3.05) is 0 Å². The lowest BCUT2D eigenvalue weighted by molar-refractivity contribution is -0.193. The number of carbonyl (C=O) groups is 2. The second-order valence-electron chi connectivity index (χ2n) is 3.04. The Morgan fingerprint density at radius 3 is 2.38 bits per heavy atom. The molecule has 1 aromatic carbocycles. The molecule has 0 amide bonds. The van der Waals surface area contributed by atoms with E-state index in [1.165, 1.54) is 18.2 Å². The summed E-state index contributed by atoms with van der Waals surface area (Å²) in [6, 6.07) is 5.72. The molecule has 16 heavy (non-hydrogen) atoms. The van der Waals surface area contributed by atoms with Gasteiger partial charge in [0.25, 0.3) is 0 Å². The molecule has 0 saturated heterocycles. The first kappa shape index (κ1) is 12.2. The lowest BCUT2D eigenvalue weighted by Gasteiger charge is -2.05. The van der Waals surface area contributed by atoms with Crippen molar-refractivity contribution in [3.63, 3.8) is 0 Å². The summed E-state index contributed by atoms with van der Waals surface area (Å²) in [4.78, 5) is 21.5. The summed E-state index contributed by atoms with van der Waals surface area (Å²) in [6.07, 6.45) is -5.17. The van der Waals surface area contributed by atoms with Crippen LogP contribution in [0.2, 0.25) is 0 Å². The summed E-state index contributed by atoms with van der Waals surface area (Å²) < 4.78 is 39.0. The Hall–Kier alpha value is -1.85. The number of hydrogen-bond acceptors (Lipinski definition) is 3. The van der Waals surface area contributed by atoms with E-state index in [2.05, 4.69) is 4.74 Å². The van der Waals surface area contributed by atoms with E-state index in [-0.39, 0.29) is 5.56 Å². The van der Waals surface area contributed by atoms with E-state index in [0.29, 0.717) is 5.56 Å². The minimum Gasteiger partial charge on any atom is -0.383 e. The molecule has 0 aliphatic carbocycles. The molecule has 1 aromatic rings. The van der Waals surface area contributed by atoms with Gasteiger partial charge in [0, 0.05) is 0 Å². The van der Waals surface area contributed by atoms with Crippen LogP contribution in [-0.4, -0.2) is 18.1 Å². The van der Waals surface area contributed by atoms with Gasteiger partial charge in [0.1, 0.15) is 0 Å². The van der Waals surface area contributed by atoms with E-state index < -0.39 is 18.1 Å². The summed E-state index contributed by atoms with van der Waals surface area (Å²) in [5, 5.41) is 0.